The maximum absolute atomic E-state index is 12.1. The lowest BCUT2D eigenvalue weighted by atomic mass is 10.3. The average Bonchev–Trinajstić information content (AvgIpc) is 3.13. The molecule has 112 valence electrons. The molecular weight excluding hydrogens is 294 g/mol. The molecule has 21 heavy (non-hydrogen) atoms. The lowest BCUT2D eigenvalue weighted by Gasteiger charge is -2.02. The number of fused-ring (bicyclic) bond motifs is 1. The number of nitrogens with zero attached hydrogens (tertiary/aromatic N) is 1. The third-order valence-corrected chi connectivity index (χ3v) is 4.61. The van der Waals surface area contributed by atoms with Gasteiger partial charge in [-0.05, 0) is 30.9 Å². The Kier molecular flexibility index (Phi) is 3.32. The molecule has 3 N–H and O–H groups in total. The van der Waals surface area contributed by atoms with E-state index in [1.54, 1.807) is 12.1 Å². The van der Waals surface area contributed by atoms with E-state index in [0.717, 1.165) is 12.8 Å². The van der Waals surface area contributed by atoms with Crippen molar-refractivity contribution >= 4 is 32.5 Å². The van der Waals surface area contributed by atoms with E-state index in [9.17, 15) is 13.2 Å². The van der Waals surface area contributed by atoms with Gasteiger partial charge in [-0.25, -0.2) is 8.42 Å². The number of amides is 1. The van der Waals surface area contributed by atoms with Gasteiger partial charge in [-0.2, -0.15) is 4.98 Å². The Labute approximate surface area is 121 Å². The molecule has 7 nitrogen and oxygen atoms in total. The fraction of sp³-hybridized carbons (Fsp3) is 0.385. The fourth-order valence-corrected chi connectivity index (χ4v) is 2.94. The molecule has 3 rings (SSSR count). The van der Waals surface area contributed by atoms with Crippen molar-refractivity contribution in [2.75, 3.05) is 18.0 Å². The van der Waals surface area contributed by atoms with Crippen LogP contribution in [0.5, 0.6) is 0 Å². The summed E-state index contributed by atoms with van der Waals surface area (Å²) in [6.45, 7) is 0.526. The molecule has 1 aliphatic carbocycles. The third-order valence-electron chi connectivity index (χ3n) is 3.26. The monoisotopic (exact) mass is 309 g/mol. The second-order valence-electron chi connectivity index (χ2n) is 5.21. The number of rotatable bonds is 5. The van der Waals surface area contributed by atoms with E-state index in [4.69, 9.17) is 10.2 Å². The van der Waals surface area contributed by atoms with Gasteiger partial charge in [0.1, 0.15) is 11.3 Å². The van der Waals surface area contributed by atoms with Crippen LogP contribution in [0.3, 0.4) is 0 Å². The number of nitrogen functional groups attached to an aromatic ring is 1. The summed E-state index contributed by atoms with van der Waals surface area (Å²) in [6.07, 6.45) is 2.17. The van der Waals surface area contributed by atoms with Gasteiger partial charge in [0.15, 0.2) is 5.58 Å². The number of sulfone groups is 1. The van der Waals surface area contributed by atoms with Crippen molar-refractivity contribution in [2.45, 2.75) is 18.1 Å². The number of nitrogens with one attached hydrogen (secondary N) is 1. The van der Waals surface area contributed by atoms with Crippen LogP contribution in [0.25, 0.3) is 11.1 Å². The predicted molar refractivity (Wildman–Crippen MR) is 76.2 cm³/mol. The van der Waals surface area contributed by atoms with Crippen molar-refractivity contribution in [3.05, 3.63) is 18.2 Å². The second kappa shape index (κ2) is 5.03. The zero-order valence-electron chi connectivity index (χ0n) is 11.2. The Bertz CT molecular complexity index is 793. The highest BCUT2D eigenvalue weighted by atomic mass is 32.2. The summed E-state index contributed by atoms with van der Waals surface area (Å²) in [5.41, 5.74) is 6.72. The van der Waals surface area contributed by atoms with Crippen molar-refractivity contribution in [1.82, 2.24) is 10.3 Å². The summed E-state index contributed by atoms with van der Waals surface area (Å²) in [5.74, 6) is -0.713. The smallest absolute Gasteiger partial charge is 0.316 e. The normalized spacial score (nSPS) is 15.2. The first-order chi connectivity index (χ1) is 9.94. The van der Waals surface area contributed by atoms with Gasteiger partial charge in [0.05, 0.1) is 0 Å². The first-order valence-corrected chi connectivity index (χ1v) is 8.25. The molecule has 2 aromatic rings. The summed E-state index contributed by atoms with van der Waals surface area (Å²) in [5, 5.41) is 2.15. The molecule has 1 aromatic heterocycles. The Morgan fingerprint density at radius 3 is 2.90 bits per heavy atom. The summed E-state index contributed by atoms with van der Waals surface area (Å²) < 4.78 is 29.4. The molecular formula is C13H15N3O4S. The van der Waals surface area contributed by atoms with Gasteiger partial charge in [-0.1, -0.05) is 0 Å². The largest absolute Gasteiger partial charge is 0.428 e. The number of anilines is 1. The lowest BCUT2D eigenvalue weighted by Crippen LogP contribution is -2.31. The Morgan fingerprint density at radius 1 is 1.43 bits per heavy atom. The summed E-state index contributed by atoms with van der Waals surface area (Å²) in [6, 6.07) is 4.67. The molecule has 0 bridgehead atoms. The Balaban J connectivity index is 1.76. The van der Waals surface area contributed by atoms with Crippen LogP contribution in [0.2, 0.25) is 0 Å². The van der Waals surface area contributed by atoms with Crippen molar-refractivity contribution < 1.29 is 17.6 Å². The lowest BCUT2D eigenvalue weighted by molar-refractivity contribution is -0.118. The molecule has 1 amide bonds. The highest BCUT2D eigenvalue weighted by molar-refractivity contribution is 7.91. The van der Waals surface area contributed by atoms with Gasteiger partial charge in [0.25, 0.3) is 0 Å². The summed E-state index contributed by atoms with van der Waals surface area (Å²) in [4.78, 5) is 15.5. The van der Waals surface area contributed by atoms with Gasteiger partial charge in [-0.15, -0.1) is 0 Å². The first kappa shape index (κ1) is 13.9. The molecule has 8 heteroatoms. The molecule has 0 aliphatic heterocycles. The Morgan fingerprint density at radius 2 is 2.19 bits per heavy atom. The topological polar surface area (TPSA) is 115 Å². The highest BCUT2D eigenvalue weighted by Crippen LogP contribution is 2.27. The number of carbonyl (C=O) groups is 1. The standard InChI is InChI=1S/C13H15N3O4S/c14-9-3-4-10-11(5-9)20-13(16-10)21(18,19)7-12(17)15-6-8-1-2-8/h3-5,8H,1-2,6-7,14H2,(H,15,17). The maximum atomic E-state index is 12.1. The van der Waals surface area contributed by atoms with E-state index >= 15 is 0 Å². The van der Waals surface area contributed by atoms with E-state index in [1.807, 2.05) is 0 Å². The molecule has 0 atom stereocenters. The predicted octanol–water partition coefficient (Wildman–Crippen LogP) is 0.710. The molecule has 1 aromatic carbocycles. The summed E-state index contributed by atoms with van der Waals surface area (Å²) >= 11 is 0. The van der Waals surface area contributed by atoms with Gasteiger partial charge in [0.2, 0.25) is 15.7 Å². The number of benzene rings is 1. The van der Waals surface area contributed by atoms with Gasteiger partial charge in [0, 0.05) is 18.3 Å². The molecule has 0 saturated heterocycles. The van der Waals surface area contributed by atoms with Gasteiger partial charge < -0.3 is 15.5 Å². The maximum Gasteiger partial charge on any atom is 0.316 e. The van der Waals surface area contributed by atoms with E-state index in [-0.39, 0.29) is 5.58 Å². The SMILES string of the molecule is Nc1ccc2nc(S(=O)(=O)CC(=O)NCC3CC3)oc2c1. The third kappa shape index (κ3) is 3.15. The quantitative estimate of drug-likeness (QED) is 0.786. The number of aromatic nitrogens is 1. The minimum Gasteiger partial charge on any atom is -0.428 e. The van der Waals surface area contributed by atoms with Crippen molar-refractivity contribution in [1.29, 1.82) is 0 Å². The van der Waals surface area contributed by atoms with Crippen LogP contribution in [-0.4, -0.2) is 31.6 Å². The van der Waals surface area contributed by atoms with E-state index in [2.05, 4.69) is 10.3 Å². The molecule has 1 aliphatic rings. The highest BCUT2D eigenvalue weighted by Gasteiger charge is 2.27. The Hall–Kier alpha value is -2.09. The number of hydrogen-bond donors (Lipinski definition) is 2. The van der Waals surface area contributed by atoms with Crippen LogP contribution < -0.4 is 11.1 Å². The van der Waals surface area contributed by atoms with Crippen LogP contribution in [-0.2, 0) is 14.6 Å². The van der Waals surface area contributed by atoms with Crippen LogP contribution in [0.15, 0.2) is 27.8 Å². The zero-order valence-corrected chi connectivity index (χ0v) is 12.0. The minimum absolute atomic E-state index is 0.284. The minimum atomic E-state index is -3.89. The van der Waals surface area contributed by atoms with E-state index in [1.165, 1.54) is 6.07 Å². The average molecular weight is 309 g/mol. The van der Waals surface area contributed by atoms with Crippen molar-refractivity contribution in [3.63, 3.8) is 0 Å². The summed E-state index contributed by atoms with van der Waals surface area (Å²) in [7, 11) is -3.89. The second-order valence-corrected chi connectivity index (χ2v) is 7.08. The number of hydrogen-bond acceptors (Lipinski definition) is 6. The van der Waals surface area contributed by atoms with Crippen molar-refractivity contribution in [3.8, 4) is 0 Å². The van der Waals surface area contributed by atoms with Crippen molar-refractivity contribution in [2.24, 2.45) is 5.92 Å². The van der Waals surface area contributed by atoms with Crippen LogP contribution in [0, 0.1) is 5.92 Å². The molecule has 0 spiro atoms. The first-order valence-electron chi connectivity index (χ1n) is 6.59. The molecule has 1 fully saturated rings. The van der Waals surface area contributed by atoms with Crippen LogP contribution >= 0.6 is 0 Å². The van der Waals surface area contributed by atoms with Crippen LogP contribution in [0.1, 0.15) is 12.8 Å². The number of oxazole rings is 1. The molecule has 0 unspecified atom stereocenters. The number of carbonyl (C=O) groups excluding carboxylic acids is 1. The fourth-order valence-electron chi connectivity index (χ4n) is 1.92. The zero-order chi connectivity index (χ0) is 15.0. The van der Waals surface area contributed by atoms with Crippen LogP contribution in [0.4, 0.5) is 5.69 Å². The van der Waals surface area contributed by atoms with E-state index < -0.39 is 26.7 Å². The molecule has 1 saturated carbocycles. The molecule has 1 heterocycles. The van der Waals surface area contributed by atoms with E-state index in [0.29, 0.717) is 23.7 Å². The van der Waals surface area contributed by atoms with Gasteiger partial charge >= 0.3 is 5.22 Å². The molecule has 0 radical (unpaired) electrons. The van der Waals surface area contributed by atoms with Gasteiger partial charge in [-0.3, -0.25) is 4.79 Å². The number of nitrogens with two attached hydrogens (primary N) is 1.